The highest BCUT2D eigenvalue weighted by Crippen LogP contribution is 1.89. The number of nitrogens with zero attached hydrogens (tertiary/aromatic N) is 2. The lowest BCUT2D eigenvalue weighted by Gasteiger charge is -1.91. The van der Waals surface area contributed by atoms with Crippen molar-refractivity contribution in [3.05, 3.63) is 18.2 Å². The second-order valence-corrected chi connectivity index (χ2v) is 2.33. The number of hydrogen-bond acceptors (Lipinski definition) is 3. The average molecular weight is 178 g/mol. The molecule has 4 heteroatoms. The first-order valence-corrected chi connectivity index (χ1v) is 3.90. The van der Waals surface area contributed by atoms with Crippen LogP contribution in [-0.2, 0) is 16.6 Å². The van der Waals surface area contributed by atoms with Gasteiger partial charge in [-0.1, -0.05) is 0 Å². The van der Waals surface area contributed by atoms with Crippen LogP contribution in [0.5, 0.6) is 0 Å². The van der Waals surface area contributed by atoms with Gasteiger partial charge in [-0.3, -0.25) is 0 Å². The minimum Gasteiger partial charge on any atom is -0.456 e. The van der Waals surface area contributed by atoms with Crippen LogP contribution in [0.15, 0.2) is 12.4 Å². The second-order valence-electron chi connectivity index (χ2n) is 2.33. The molecule has 0 bridgehead atoms. The fraction of sp³-hybridized carbons (Fsp3) is 0.333. The van der Waals surface area contributed by atoms with Gasteiger partial charge in [-0.05, 0) is 12.8 Å². The van der Waals surface area contributed by atoms with Crippen LogP contribution in [0.25, 0.3) is 0 Å². The van der Waals surface area contributed by atoms with Gasteiger partial charge in [0.15, 0.2) is 5.82 Å². The third-order valence-electron chi connectivity index (χ3n) is 1.37. The van der Waals surface area contributed by atoms with E-state index < -0.39 is 5.97 Å². The van der Waals surface area contributed by atoms with Gasteiger partial charge in [-0.15, -0.1) is 0 Å². The highest BCUT2D eigenvalue weighted by molar-refractivity contribution is 5.88. The van der Waals surface area contributed by atoms with Crippen LogP contribution in [-0.4, -0.2) is 22.1 Å². The average Bonchev–Trinajstić information content (AvgIpc) is 2.48. The first-order chi connectivity index (χ1) is 6.24. The lowest BCUT2D eigenvalue weighted by atomic mass is 10.5. The smallest absolute Gasteiger partial charge is 0.384 e. The maximum atomic E-state index is 10.8. The molecule has 0 saturated heterocycles. The molecule has 0 amide bonds. The van der Waals surface area contributed by atoms with Gasteiger partial charge in [0, 0.05) is 25.4 Å². The number of imidazole rings is 1. The molecule has 68 valence electrons. The van der Waals surface area contributed by atoms with Crippen molar-refractivity contribution in [2.75, 3.05) is 6.61 Å². The lowest BCUT2D eigenvalue weighted by Crippen LogP contribution is -2.00. The molecule has 13 heavy (non-hydrogen) atoms. The van der Waals surface area contributed by atoms with Gasteiger partial charge in [0.05, 0.1) is 6.61 Å². The van der Waals surface area contributed by atoms with Crippen molar-refractivity contribution in [2.24, 2.45) is 7.05 Å². The minimum atomic E-state index is -0.523. The summed E-state index contributed by atoms with van der Waals surface area (Å²) in [5, 5.41) is 0. The van der Waals surface area contributed by atoms with Crippen molar-refractivity contribution in [2.45, 2.75) is 6.92 Å². The molecule has 0 atom stereocenters. The quantitative estimate of drug-likeness (QED) is 0.460. The van der Waals surface area contributed by atoms with Gasteiger partial charge in [0.1, 0.15) is 0 Å². The standard InChI is InChI=1S/C9H10N2O2/c1-3-13-9(12)5-4-8-10-6-7-11(8)2/h6-7H,3H2,1-2H3. The Morgan fingerprint density at radius 1 is 1.77 bits per heavy atom. The Morgan fingerprint density at radius 3 is 3.08 bits per heavy atom. The topological polar surface area (TPSA) is 44.1 Å². The largest absolute Gasteiger partial charge is 0.456 e. The zero-order valence-electron chi connectivity index (χ0n) is 7.57. The predicted molar refractivity (Wildman–Crippen MR) is 46.7 cm³/mol. The maximum Gasteiger partial charge on any atom is 0.384 e. The third-order valence-corrected chi connectivity index (χ3v) is 1.37. The summed E-state index contributed by atoms with van der Waals surface area (Å²) in [6, 6.07) is 0. The van der Waals surface area contributed by atoms with Crippen molar-refractivity contribution < 1.29 is 9.53 Å². The number of carbonyl (C=O) groups excluding carboxylic acids is 1. The van der Waals surface area contributed by atoms with Crippen LogP contribution in [0.3, 0.4) is 0 Å². The summed E-state index contributed by atoms with van der Waals surface area (Å²) in [5.41, 5.74) is 0. The molecule has 0 spiro atoms. The van der Waals surface area contributed by atoms with Gasteiger partial charge >= 0.3 is 5.97 Å². The number of rotatable bonds is 1. The number of ether oxygens (including phenoxy) is 1. The highest BCUT2D eigenvalue weighted by Gasteiger charge is 1.95. The van der Waals surface area contributed by atoms with E-state index in [9.17, 15) is 4.79 Å². The van der Waals surface area contributed by atoms with Crippen molar-refractivity contribution in [3.8, 4) is 11.8 Å². The van der Waals surface area contributed by atoms with Gasteiger partial charge in [-0.25, -0.2) is 9.78 Å². The van der Waals surface area contributed by atoms with Crippen LogP contribution < -0.4 is 0 Å². The van der Waals surface area contributed by atoms with Gasteiger partial charge in [-0.2, -0.15) is 0 Å². The molecule has 1 aromatic heterocycles. The molecular weight excluding hydrogens is 168 g/mol. The summed E-state index contributed by atoms with van der Waals surface area (Å²) in [6.07, 6.45) is 3.38. The Labute approximate surface area is 76.5 Å². The Hall–Kier alpha value is -1.76. The number of hydrogen-bond donors (Lipinski definition) is 0. The zero-order valence-corrected chi connectivity index (χ0v) is 7.57. The normalized spacial score (nSPS) is 8.77. The zero-order chi connectivity index (χ0) is 9.68. The monoisotopic (exact) mass is 178 g/mol. The molecule has 0 aromatic carbocycles. The molecule has 0 saturated carbocycles. The Balaban J connectivity index is 2.67. The van der Waals surface area contributed by atoms with E-state index in [1.54, 1.807) is 23.9 Å². The summed E-state index contributed by atoms with van der Waals surface area (Å²) < 4.78 is 6.36. The Kier molecular flexibility index (Phi) is 3.09. The van der Waals surface area contributed by atoms with E-state index in [4.69, 9.17) is 0 Å². The van der Waals surface area contributed by atoms with E-state index in [0.717, 1.165) is 0 Å². The van der Waals surface area contributed by atoms with E-state index in [0.29, 0.717) is 12.4 Å². The molecule has 0 fully saturated rings. The molecular formula is C9H10N2O2. The summed E-state index contributed by atoms with van der Waals surface area (Å²) in [4.78, 5) is 14.7. The number of carbonyl (C=O) groups is 1. The van der Waals surface area contributed by atoms with E-state index in [1.165, 1.54) is 0 Å². The molecule has 1 rings (SSSR count). The second kappa shape index (κ2) is 4.31. The van der Waals surface area contributed by atoms with Crippen LogP contribution in [0.1, 0.15) is 12.7 Å². The molecule has 0 N–H and O–H groups in total. The van der Waals surface area contributed by atoms with Crippen LogP contribution in [0.2, 0.25) is 0 Å². The first-order valence-electron chi connectivity index (χ1n) is 3.90. The number of aromatic nitrogens is 2. The van der Waals surface area contributed by atoms with Crippen molar-refractivity contribution in [1.82, 2.24) is 9.55 Å². The SMILES string of the molecule is CCOC(=O)C#Cc1nccn1C. The predicted octanol–water partition coefficient (Wildman–Crippen LogP) is 0.335. The lowest BCUT2D eigenvalue weighted by molar-refractivity contribution is -0.136. The summed E-state index contributed by atoms with van der Waals surface area (Å²) in [5.74, 6) is 4.96. The van der Waals surface area contributed by atoms with Gasteiger partial charge in [0.2, 0.25) is 0 Å². The van der Waals surface area contributed by atoms with E-state index in [-0.39, 0.29) is 0 Å². The maximum absolute atomic E-state index is 10.8. The molecule has 4 nitrogen and oxygen atoms in total. The molecule has 0 radical (unpaired) electrons. The van der Waals surface area contributed by atoms with Gasteiger partial charge < -0.3 is 9.30 Å². The summed E-state index contributed by atoms with van der Waals surface area (Å²) >= 11 is 0. The summed E-state index contributed by atoms with van der Waals surface area (Å²) in [6.45, 7) is 2.08. The van der Waals surface area contributed by atoms with Crippen molar-refractivity contribution in [3.63, 3.8) is 0 Å². The minimum absolute atomic E-state index is 0.341. The van der Waals surface area contributed by atoms with E-state index in [1.807, 2.05) is 7.05 Å². The molecule has 0 aliphatic carbocycles. The Morgan fingerprint density at radius 2 is 2.54 bits per heavy atom. The van der Waals surface area contributed by atoms with Crippen LogP contribution >= 0.6 is 0 Å². The Bertz CT molecular complexity index is 357. The summed E-state index contributed by atoms with van der Waals surface area (Å²) in [7, 11) is 1.81. The fourth-order valence-electron chi connectivity index (χ4n) is 0.760. The number of esters is 1. The van der Waals surface area contributed by atoms with Crippen molar-refractivity contribution >= 4 is 5.97 Å². The molecule has 1 aromatic rings. The highest BCUT2D eigenvalue weighted by atomic mass is 16.5. The van der Waals surface area contributed by atoms with Gasteiger partial charge in [0.25, 0.3) is 0 Å². The van der Waals surface area contributed by atoms with E-state index in [2.05, 4.69) is 21.6 Å². The molecule has 0 aliphatic heterocycles. The van der Waals surface area contributed by atoms with Crippen LogP contribution in [0, 0.1) is 11.8 Å². The first kappa shape index (κ1) is 9.33. The number of aryl methyl sites for hydroxylation is 1. The van der Waals surface area contributed by atoms with Crippen molar-refractivity contribution in [1.29, 1.82) is 0 Å². The molecule has 0 unspecified atom stereocenters. The third kappa shape index (κ3) is 2.64. The molecule has 1 heterocycles. The van der Waals surface area contributed by atoms with E-state index >= 15 is 0 Å². The van der Waals surface area contributed by atoms with Crippen LogP contribution in [0.4, 0.5) is 0 Å². The molecule has 0 aliphatic rings. The fourth-order valence-corrected chi connectivity index (χ4v) is 0.760.